The summed E-state index contributed by atoms with van der Waals surface area (Å²) in [5, 5.41) is 8.80. The second-order valence-corrected chi connectivity index (χ2v) is 6.35. The highest BCUT2D eigenvalue weighted by atomic mass is 32.2. The number of carbonyl (C=O) groups is 2. The van der Waals surface area contributed by atoms with Gasteiger partial charge in [-0.2, -0.15) is 11.8 Å². The van der Waals surface area contributed by atoms with Crippen LogP contribution in [0.25, 0.3) is 0 Å². The van der Waals surface area contributed by atoms with Crippen molar-refractivity contribution in [1.82, 2.24) is 9.80 Å². The molecule has 0 bridgehead atoms. The standard InChI is InChI=1S/C14H26N2O3S/c1-4-12(10-20-3)15(2)14(19)16-7-5-11(6-8-16)9-13(17)18/h11-12H,4-10H2,1-3H3,(H,17,18). The van der Waals surface area contributed by atoms with Gasteiger partial charge in [-0.15, -0.1) is 0 Å². The van der Waals surface area contributed by atoms with Crippen molar-refractivity contribution in [3.05, 3.63) is 0 Å². The molecular weight excluding hydrogens is 276 g/mol. The predicted molar refractivity (Wildman–Crippen MR) is 82.2 cm³/mol. The summed E-state index contributed by atoms with van der Waals surface area (Å²) >= 11 is 1.76. The molecule has 1 saturated heterocycles. The number of likely N-dealkylation sites (tertiary alicyclic amines) is 1. The number of hydrogen-bond donors (Lipinski definition) is 1. The van der Waals surface area contributed by atoms with E-state index in [-0.39, 0.29) is 24.4 Å². The van der Waals surface area contributed by atoms with E-state index in [4.69, 9.17) is 5.11 Å². The maximum Gasteiger partial charge on any atom is 0.320 e. The van der Waals surface area contributed by atoms with Crippen molar-refractivity contribution in [3.8, 4) is 0 Å². The van der Waals surface area contributed by atoms with Crippen molar-refractivity contribution in [2.24, 2.45) is 5.92 Å². The first-order valence-electron chi connectivity index (χ1n) is 7.22. The van der Waals surface area contributed by atoms with Gasteiger partial charge in [-0.05, 0) is 31.4 Å². The van der Waals surface area contributed by atoms with E-state index in [2.05, 4.69) is 13.2 Å². The van der Waals surface area contributed by atoms with Gasteiger partial charge in [-0.3, -0.25) is 4.79 Å². The highest BCUT2D eigenvalue weighted by molar-refractivity contribution is 7.98. The molecule has 5 nitrogen and oxygen atoms in total. The Morgan fingerprint density at radius 1 is 1.40 bits per heavy atom. The molecule has 116 valence electrons. The zero-order valence-electron chi connectivity index (χ0n) is 12.7. The van der Waals surface area contributed by atoms with Crippen LogP contribution < -0.4 is 0 Å². The Morgan fingerprint density at radius 2 is 2.00 bits per heavy atom. The number of nitrogens with zero attached hydrogens (tertiary/aromatic N) is 2. The smallest absolute Gasteiger partial charge is 0.320 e. The molecule has 1 N–H and O–H groups in total. The fourth-order valence-corrected chi connectivity index (χ4v) is 3.49. The Morgan fingerprint density at radius 3 is 2.45 bits per heavy atom. The number of amides is 2. The van der Waals surface area contributed by atoms with Crippen LogP contribution in [0.15, 0.2) is 0 Å². The molecule has 1 aliphatic rings. The summed E-state index contributed by atoms with van der Waals surface area (Å²) in [6, 6.07) is 0.355. The Kier molecular flexibility index (Phi) is 7.19. The van der Waals surface area contributed by atoms with E-state index in [9.17, 15) is 9.59 Å². The largest absolute Gasteiger partial charge is 0.481 e. The first kappa shape index (κ1) is 17.1. The SMILES string of the molecule is CCC(CSC)N(C)C(=O)N1CCC(CC(=O)O)CC1. The second-order valence-electron chi connectivity index (χ2n) is 5.44. The predicted octanol–water partition coefficient (Wildman–Crippen LogP) is 2.37. The van der Waals surface area contributed by atoms with Crippen LogP contribution in [-0.2, 0) is 4.79 Å². The molecule has 0 saturated carbocycles. The van der Waals surface area contributed by atoms with Gasteiger partial charge in [-0.25, -0.2) is 4.79 Å². The molecule has 1 fully saturated rings. The third kappa shape index (κ3) is 4.89. The maximum absolute atomic E-state index is 12.4. The molecule has 1 heterocycles. The van der Waals surface area contributed by atoms with Crippen LogP contribution >= 0.6 is 11.8 Å². The first-order chi connectivity index (χ1) is 9.49. The van der Waals surface area contributed by atoms with Gasteiger partial charge >= 0.3 is 12.0 Å². The van der Waals surface area contributed by atoms with Crippen molar-refractivity contribution < 1.29 is 14.7 Å². The van der Waals surface area contributed by atoms with Crippen molar-refractivity contribution in [1.29, 1.82) is 0 Å². The van der Waals surface area contributed by atoms with E-state index in [1.165, 1.54) is 0 Å². The zero-order valence-corrected chi connectivity index (χ0v) is 13.5. The van der Waals surface area contributed by atoms with Crippen LogP contribution in [0.2, 0.25) is 0 Å². The number of carboxylic acid groups (broad SMARTS) is 1. The molecule has 20 heavy (non-hydrogen) atoms. The van der Waals surface area contributed by atoms with Crippen LogP contribution in [0.3, 0.4) is 0 Å². The van der Waals surface area contributed by atoms with Crippen molar-refractivity contribution in [2.75, 3.05) is 32.1 Å². The summed E-state index contributed by atoms with van der Waals surface area (Å²) in [7, 11) is 1.87. The quantitative estimate of drug-likeness (QED) is 0.818. The highest BCUT2D eigenvalue weighted by Crippen LogP contribution is 2.22. The maximum atomic E-state index is 12.4. The van der Waals surface area contributed by atoms with Crippen LogP contribution in [0.5, 0.6) is 0 Å². The topological polar surface area (TPSA) is 60.9 Å². The van der Waals surface area contributed by atoms with E-state index in [1.807, 2.05) is 16.8 Å². The molecule has 1 atom stereocenters. The summed E-state index contributed by atoms with van der Waals surface area (Å²) < 4.78 is 0. The number of carboxylic acids is 1. The first-order valence-corrected chi connectivity index (χ1v) is 8.61. The Balaban J connectivity index is 2.47. The average Bonchev–Trinajstić information content (AvgIpc) is 2.43. The lowest BCUT2D eigenvalue weighted by molar-refractivity contribution is -0.138. The molecule has 0 aromatic carbocycles. The average molecular weight is 302 g/mol. The zero-order chi connectivity index (χ0) is 15.1. The number of urea groups is 1. The monoisotopic (exact) mass is 302 g/mol. The molecular formula is C14H26N2O3S. The molecule has 0 aliphatic carbocycles. The number of hydrogen-bond acceptors (Lipinski definition) is 3. The van der Waals surface area contributed by atoms with Gasteiger partial charge in [0.1, 0.15) is 0 Å². The number of piperidine rings is 1. The van der Waals surface area contributed by atoms with Crippen LogP contribution in [0.1, 0.15) is 32.6 Å². The molecule has 0 radical (unpaired) electrons. The van der Waals surface area contributed by atoms with E-state index < -0.39 is 5.97 Å². The molecule has 0 aromatic heterocycles. The minimum absolute atomic E-state index is 0.0830. The van der Waals surface area contributed by atoms with Crippen molar-refractivity contribution >= 4 is 23.8 Å². The Bertz CT molecular complexity index is 330. The molecule has 1 aliphatic heterocycles. The summed E-state index contributed by atoms with van der Waals surface area (Å²) in [6.07, 6.45) is 4.83. The van der Waals surface area contributed by atoms with Crippen LogP contribution in [0.4, 0.5) is 4.79 Å². The molecule has 6 heteroatoms. The molecule has 0 spiro atoms. The fraction of sp³-hybridized carbons (Fsp3) is 0.857. The van der Waals surface area contributed by atoms with E-state index in [0.29, 0.717) is 13.1 Å². The van der Waals surface area contributed by atoms with Crippen LogP contribution in [-0.4, -0.2) is 65.1 Å². The summed E-state index contributed by atoms with van der Waals surface area (Å²) in [5.74, 6) is 0.432. The summed E-state index contributed by atoms with van der Waals surface area (Å²) in [4.78, 5) is 26.8. The molecule has 2 amide bonds. The van der Waals surface area contributed by atoms with Gasteiger partial charge in [0.15, 0.2) is 0 Å². The van der Waals surface area contributed by atoms with E-state index in [1.54, 1.807) is 11.8 Å². The fourth-order valence-electron chi connectivity index (χ4n) is 2.65. The number of carbonyl (C=O) groups excluding carboxylic acids is 1. The number of rotatable bonds is 6. The third-order valence-corrected chi connectivity index (χ3v) is 4.75. The van der Waals surface area contributed by atoms with Gasteiger partial charge in [0.05, 0.1) is 0 Å². The Hall–Kier alpha value is -0.910. The van der Waals surface area contributed by atoms with E-state index in [0.717, 1.165) is 25.0 Å². The Labute approximate surface area is 125 Å². The lowest BCUT2D eigenvalue weighted by Gasteiger charge is -2.36. The lowest BCUT2D eigenvalue weighted by atomic mass is 9.94. The summed E-state index contributed by atoms with van der Waals surface area (Å²) in [6.45, 7) is 3.46. The minimum Gasteiger partial charge on any atom is -0.481 e. The van der Waals surface area contributed by atoms with Gasteiger partial charge in [-0.1, -0.05) is 6.92 Å². The molecule has 1 unspecified atom stereocenters. The van der Waals surface area contributed by atoms with Gasteiger partial charge in [0.2, 0.25) is 0 Å². The normalized spacial score (nSPS) is 17.9. The molecule has 1 rings (SSSR count). The van der Waals surface area contributed by atoms with E-state index >= 15 is 0 Å². The summed E-state index contributed by atoms with van der Waals surface area (Å²) in [5.41, 5.74) is 0. The minimum atomic E-state index is -0.738. The highest BCUT2D eigenvalue weighted by Gasteiger charge is 2.28. The van der Waals surface area contributed by atoms with Crippen molar-refractivity contribution in [3.63, 3.8) is 0 Å². The second kappa shape index (κ2) is 8.39. The van der Waals surface area contributed by atoms with Gasteiger partial charge in [0, 0.05) is 38.4 Å². The van der Waals surface area contributed by atoms with Gasteiger partial charge in [0.25, 0.3) is 0 Å². The number of thioether (sulfide) groups is 1. The van der Waals surface area contributed by atoms with Crippen LogP contribution in [0, 0.1) is 5.92 Å². The lowest BCUT2D eigenvalue weighted by Crippen LogP contribution is -2.49. The number of aliphatic carboxylic acids is 1. The van der Waals surface area contributed by atoms with Gasteiger partial charge < -0.3 is 14.9 Å². The molecule has 0 aromatic rings. The third-order valence-electron chi connectivity index (χ3n) is 4.03. The van der Waals surface area contributed by atoms with Crippen molar-refractivity contribution in [2.45, 2.75) is 38.6 Å².